The fraction of sp³-hybridized carbons (Fsp3) is 0.0526. The molecule has 1 heterocycles. The smallest absolute Gasteiger partial charge is 0.234 e. The van der Waals surface area contributed by atoms with Crippen LogP contribution in [0.4, 0.5) is 11.4 Å². The number of anilines is 2. The Morgan fingerprint density at radius 2 is 0.962 bits per heavy atom. The van der Waals surface area contributed by atoms with Crippen molar-refractivity contribution in [3.05, 3.63) is 119 Å². The van der Waals surface area contributed by atoms with Crippen molar-refractivity contribution in [2.75, 3.05) is 11.5 Å². The van der Waals surface area contributed by atoms with Crippen LogP contribution < -0.4 is 11.5 Å². The van der Waals surface area contributed by atoms with Gasteiger partial charge in [0.05, 0.1) is 57.9 Å². The number of carbonyl (C=O) groups excluding carboxylic acids is 2. The van der Waals surface area contributed by atoms with Crippen molar-refractivity contribution >= 4 is 79.6 Å². The maximum absolute atomic E-state index is 11.5. The second kappa shape index (κ2) is 14.7. The van der Waals surface area contributed by atoms with E-state index in [0.717, 1.165) is 89.3 Å². The first-order valence-corrected chi connectivity index (χ1v) is 17.1. The predicted octanol–water partition coefficient (Wildman–Crippen LogP) is 8.97. The minimum absolute atomic E-state index is 0.378. The van der Waals surface area contributed by atoms with E-state index < -0.39 is 0 Å². The molecule has 6 aromatic carbocycles. The number of Topliss-reactive ketones (excluding diaryl/α,β-unsaturated/α-hetero) is 2. The lowest BCUT2D eigenvalue weighted by molar-refractivity contribution is -0.432. The number of hydrogen-bond donors (Lipinski definition) is 4. The summed E-state index contributed by atoms with van der Waals surface area (Å²) >= 11 is 1.80. The minimum Gasteiger partial charge on any atom is -0.397 e. The topological polar surface area (TPSA) is 189 Å². The first-order valence-electron chi connectivity index (χ1n) is 15.6. The van der Waals surface area contributed by atoms with E-state index >= 15 is 0 Å². The average Bonchev–Trinajstić information content (AvgIpc) is 3.60. The van der Waals surface area contributed by atoms with Crippen molar-refractivity contribution in [2.24, 2.45) is 0 Å². The summed E-state index contributed by atoms with van der Waals surface area (Å²) in [6.07, 6.45) is 0. The van der Waals surface area contributed by atoms with Crippen LogP contribution in [0.1, 0.15) is 31.8 Å². The summed E-state index contributed by atoms with van der Waals surface area (Å²) in [7, 11) is 0. The molecule has 0 bridgehead atoms. The number of ketones is 2. The van der Waals surface area contributed by atoms with Gasteiger partial charge in [-0.15, -0.1) is 8.67 Å². The van der Waals surface area contributed by atoms with Crippen molar-refractivity contribution in [1.82, 2.24) is 9.97 Å². The van der Waals surface area contributed by atoms with Gasteiger partial charge in [0, 0.05) is 42.8 Å². The molecule has 52 heavy (non-hydrogen) atoms. The Kier molecular flexibility index (Phi) is 9.87. The van der Waals surface area contributed by atoms with E-state index in [9.17, 15) is 9.59 Å². The minimum atomic E-state index is -0.378. The van der Waals surface area contributed by atoms with Crippen molar-refractivity contribution in [3.8, 4) is 22.5 Å². The van der Waals surface area contributed by atoms with Crippen LogP contribution in [0.2, 0.25) is 0 Å². The second-order valence-corrected chi connectivity index (χ2v) is 13.3. The number of hydrogen-bond acceptors (Lipinski definition) is 14. The second-order valence-electron chi connectivity index (χ2n) is 11.8. The lowest BCUT2D eigenvalue weighted by atomic mass is 10.0. The lowest BCUT2D eigenvalue weighted by Crippen LogP contribution is -2.05. The monoisotopic (exact) mass is 732 g/mol. The predicted molar refractivity (Wildman–Crippen MR) is 200 cm³/mol. The standard InChI is InChI=1S/C19H12N2O3S.C12H6O2.C7H10N2O3S/c1-10-8-14-15(9-16(10)25-24-23-22)21-19-13-7-3-5-11-4-2-6-12(17(11)13)18(19)20-14;13-11-8-5-1-3-7-4-2-6-9(10(7)8)12(11)14;1-4-2-5(8)6(9)3-7(4)13-12-11-10/h2-9,22H,1H3;1-6H;2-3,10H,8-9H2,1H3. The molecule has 0 atom stereocenters. The molecule has 6 N–H and O–H groups in total. The number of rotatable bonds is 6. The van der Waals surface area contributed by atoms with Crippen LogP contribution in [0.15, 0.2) is 107 Å². The number of benzene rings is 6. The molecule has 2 aliphatic carbocycles. The van der Waals surface area contributed by atoms with Crippen LogP contribution in [-0.2, 0) is 18.7 Å². The van der Waals surface area contributed by atoms with E-state index in [1.54, 1.807) is 36.4 Å². The van der Waals surface area contributed by atoms with Crippen LogP contribution in [-0.4, -0.2) is 32.0 Å². The van der Waals surface area contributed by atoms with Gasteiger partial charge in [-0.2, -0.15) is 0 Å². The van der Waals surface area contributed by atoms with Gasteiger partial charge in [0.1, 0.15) is 0 Å². The van der Waals surface area contributed by atoms with Gasteiger partial charge in [0.2, 0.25) is 11.6 Å². The maximum Gasteiger partial charge on any atom is 0.234 e. The van der Waals surface area contributed by atoms with Gasteiger partial charge in [0.25, 0.3) is 0 Å². The quantitative estimate of drug-likeness (QED) is 0.0416. The van der Waals surface area contributed by atoms with Crippen LogP contribution in [0.5, 0.6) is 0 Å². The zero-order valence-electron chi connectivity index (χ0n) is 27.4. The van der Waals surface area contributed by atoms with E-state index in [2.05, 4.69) is 49.1 Å². The first-order chi connectivity index (χ1) is 25.2. The van der Waals surface area contributed by atoms with E-state index in [1.165, 1.54) is 10.8 Å². The summed E-state index contributed by atoms with van der Waals surface area (Å²) in [6.45, 7) is 3.80. The van der Waals surface area contributed by atoms with Crippen molar-refractivity contribution < 1.29 is 38.8 Å². The summed E-state index contributed by atoms with van der Waals surface area (Å²) < 4.78 is 8.83. The third-order valence-electron chi connectivity index (χ3n) is 8.67. The highest BCUT2D eigenvalue weighted by Crippen LogP contribution is 2.46. The summed E-state index contributed by atoms with van der Waals surface area (Å²) in [5.74, 6) is -0.756. The van der Waals surface area contributed by atoms with Crippen molar-refractivity contribution in [1.29, 1.82) is 0 Å². The Morgan fingerprint density at radius 1 is 0.558 bits per heavy atom. The largest absolute Gasteiger partial charge is 0.397 e. The molecule has 0 amide bonds. The normalized spacial score (nSPS) is 12.2. The molecule has 260 valence electrons. The van der Waals surface area contributed by atoms with Gasteiger partial charge >= 0.3 is 0 Å². The molecule has 0 saturated heterocycles. The zero-order valence-corrected chi connectivity index (χ0v) is 29.1. The molecule has 14 heteroatoms. The van der Waals surface area contributed by atoms with Crippen LogP contribution in [0.25, 0.3) is 55.1 Å². The highest BCUT2D eigenvalue weighted by atomic mass is 32.2. The molecule has 7 aromatic rings. The Hall–Kier alpha value is -5.42. The number of aromatic nitrogens is 2. The Bertz CT molecular complexity index is 2510. The Balaban J connectivity index is 0.000000133. The van der Waals surface area contributed by atoms with E-state index in [4.69, 9.17) is 31.9 Å². The number of fused-ring (bicyclic) bond motifs is 4. The molecule has 0 unspecified atom stereocenters. The molecule has 2 aliphatic rings. The highest BCUT2D eigenvalue weighted by molar-refractivity contribution is 7.94. The maximum atomic E-state index is 11.5. The summed E-state index contributed by atoms with van der Waals surface area (Å²) in [4.78, 5) is 34.4. The zero-order chi connectivity index (χ0) is 36.5. The molecule has 0 fully saturated rings. The van der Waals surface area contributed by atoms with Crippen LogP contribution in [0.3, 0.4) is 0 Å². The summed E-state index contributed by atoms with van der Waals surface area (Å²) in [5, 5.41) is 27.6. The number of nitrogen functional groups attached to an aromatic ring is 2. The summed E-state index contributed by atoms with van der Waals surface area (Å²) in [5.41, 5.74) is 20.7. The lowest BCUT2D eigenvalue weighted by Gasteiger charge is -2.07. The fourth-order valence-electron chi connectivity index (χ4n) is 6.27. The van der Waals surface area contributed by atoms with E-state index in [1.807, 2.05) is 44.2 Å². The molecule has 12 nitrogen and oxygen atoms in total. The molecule has 1 aromatic heterocycles. The van der Waals surface area contributed by atoms with Gasteiger partial charge in [-0.3, -0.25) is 9.59 Å². The van der Waals surface area contributed by atoms with Gasteiger partial charge in [-0.25, -0.2) is 20.5 Å². The third-order valence-corrected chi connectivity index (χ3v) is 10.2. The molecule has 0 aliphatic heterocycles. The van der Waals surface area contributed by atoms with Crippen LogP contribution in [0, 0.1) is 13.8 Å². The van der Waals surface area contributed by atoms with Crippen molar-refractivity contribution in [3.63, 3.8) is 0 Å². The van der Waals surface area contributed by atoms with Gasteiger partial charge in [0.15, 0.2) is 0 Å². The Labute approximate surface area is 304 Å². The van der Waals surface area contributed by atoms with Gasteiger partial charge in [-0.05, 0) is 60.0 Å². The van der Waals surface area contributed by atoms with Gasteiger partial charge in [-0.1, -0.05) is 82.9 Å². The highest BCUT2D eigenvalue weighted by Gasteiger charge is 2.30. The number of nitrogens with zero attached hydrogens (tertiary/aromatic N) is 2. The molecule has 9 rings (SSSR count). The molecule has 0 spiro atoms. The molecular formula is C38H28N4O8S2. The van der Waals surface area contributed by atoms with Crippen molar-refractivity contribution in [2.45, 2.75) is 23.6 Å². The van der Waals surface area contributed by atoms with E-state index in [0.29, 0.717) is 22.5 Å². The molecule has 0 radical (unpaired) electrons. The third kappa shape index (κ3) is 6.45. The molecular weight excluding hydrogens is 705 g/mol. The van der Waals surface area contributed by atoms with E-state index in [-0.39, 0.29) is 11.6 Å². The number of carbonyl (C=O) groups is 2. The number of nitrogens with two attached hydrogens (primary N) is 2. The van der Waals surface area contributed by atoms with Crippen LogP contribution >= 0.6 is 24.1 Å². The molecule has 0 saturated carbocycles. The van der Waals surface area contributed by atoms with Gasteiger partial charge < -0.3 is 11.5 Å². The SMILES string of the molecule is Cc1cc(N)c(N)cc1SOOO.Cc1cc2nc3c(nc2cc1SOOO)-c1cccc2cccc-3c12.O=C1C(=O)c2cccc3cccc1c23. The number of aryl methyl sites for hydroxylation is 2. The average molecular weight is 733 g/mol. The Morgan fingerprint density at radius 3 is 1.46 bits per heavy atom. The summed E-state index contributed by atoms with van der Waals surface area (Å²) in [6, 6.07) is 30.6. The fourth-order valence-corrected chi connectivity index (χ4v) is 7.20. The first kappa shape index (κ1) is 35.0.